The summed E-state index contributed by atoms with van der Waals surface area (Å²) in [6, 6.07) is 18.2. The number of carbonyl (C=O) groups is 4. The lowest BCUT2D eigenvalue weighted by Gasteiger charge is -2.41. The molecule has 4 atom stereocenters. The van der Waals surface area contributed by atoms with Crippen molar-refractivity contribution in [2.75, 3.05) is 87.0 Å². The lowest BCUT2D eigenvalue weighted by Crippen LogP contribution is -2.47. The molecule has 522 valence electrons. The first-order valence-electron chi connectivity index (χ1n) is 34.9. The molecular formula is C76H92Cl3FN10O8. The van der Waals surface area contributed by atoms with E-state index in [0.29, 0.717) is 118 Å². The molecule has 6 aliphatic rings. The second-order valence-corrected chi connectivity index (χ2v) is 29.6. The average Bonchev–Trinajstić information content (AvgIpc) is 0.790. The van der Waals surface area contributed by atoms with E-state index in [1.54, 1.807) is 31.9 Å². The Morgan fingerprint density at radius 1 is 0.531 bits per heavy atom. The van der Waals surface area contributed by atoms with Gasteiger partial charge in [-0.3, -0.25) is 49.2 Å². The molecule has 4 N–H and O–H groups in total. The summed E-state index contributed by atoms with van der Waals surface area (Å²) in [6.07, 6.45) is 14.4. The van der Waals surface area contributed by atoms with Gasteiger partial charge in [-0.2, -0.15) is 0 Å². The van der Waals surface area contributed by atoms with E-state index >= 15 is 4.39 Å². The monoisotopic (exact) mass is 1400 g/mol. The number of methoxy groups -OCH3 is 2. The van der Waals surface area contributed by atoms with E-state index in [9.17, 15) is 28.8 Å². The Morgan fingerprint density at radius 3 is 1.58 bits per heavy atom. The van der Waals surface area contributed by atoms with Gasteiger partial charge in [-0.1, -0.05) is 41.2 Å². The predicted molar refractivity (Wildman–Crippen MR) is 387 cm³/mol. The number of ether oxygens (including phenoxy) is 2. The summed E-state index contributed by atoms with van der Waals surface area (Å²) < 4.78 is 32.6. The van der Waals surface area contributed by atoms with Crippen LogP contribution < -0.4 is 51.7 Å². The van der Waals surface area contributed by atoms with Crippen LogP contribution in [0, 0.1) is 63.1 Å². The summed E-state index contributed by atoms with van der Waals surface area (Å²) in [5.74, 6) is 1.70. The van der Waals surface area contributed by atoms with Crippen LogP contribution in [0.2, 0.25) is 15.1 Å². The largest absolute Gasteiger partial charge is 0.496 e. The number of nitrogens with zero attached hydrogens (tertiary/aromatic N) is 6. The van der Waals surface area contributed by atoms with Crippen molar-refractivity contribution >= 4 is 81.2 Å². The molecule has 6 fully saturated rings. The quantitative estimate of drug-likeness (QED) is 0.0528. The molecule has 6 saturated heterocycles. The molecule has 0 radical (unpaired) electrons. The third-order valence-electron chi connectivity index (χ3n) is 22.4. The molecule has 4 unspecified atom stereocenters. The van der Waals surface area contributed by atoms with E-state index in [-0.39, 0.29) is 52.9 Å². The van der Waals surface area contributed by atoms with Crippen molar-refractivity contribution in [2.24, 2.45) is 36.6 Å². The summed E-state index contributed by atoms with van der Waals surface area (Å²) in [4.78, 5) is 85.2. The van der Waals surface area contributed by atoms with Crippen molar-refractivity contribution in [3.05, 3.63) is 148 Å². The highest BCUT2D eigenvalue weighted by atomic mass is 35.5. The van der Waals surface area contributed by atoms with Gasteiger partial charge >= 0.3 is 0 Å². The van der Waals surface area contributed by atoms with E-state index in [0.717, 1.165) is 160 Å². The van der Waals surface area contributed by atoms with Gasteiger partial charge in [0.25, 0.3) is 11.1 Å². The Balaban J connectivity index is 0.715. The fourth-order valence-corrected chi connectivity index (χ4v) is 17.1. The minimum absolute atomic E-state index is 0.0404. The number of nitrogens with one attached hydrogen (secondary N) is 4. The minimum Gasteiger partial charge on any atom is -0.496 e. The van der Waals surface area contributed by atoms with Gasteiger partial charge in [0.15, 0.2) is 0 Å². The van der Waals surface area contributed by atoms with Gasteiger partial charge in [0, 0.05) is 134 Å². The molecule has 0 spiro atoms. The maximum atomic E-state index is 17.0. The Kier molecular flexibility index (Phi) is 22.0. The summed E-state index contributed by atoms with van der Waals surface area (Å²) >= 11 is 21.1. The number of pyridine rings is 2. The van der Waals surface area contributed by atoms with Gasteiger partial charge in [-0.15, -0.1) is 0 Å². The predicted octanol–water partition coefficient (Wildman–Crippen LogP) is 12.6. The maximum Gasteiger partial charge on any atom is 0.253 e. The smallest absolute Gasteiger partial charge is 0.253 e. The third kappa shape index (κ3) is 15.6. The molecule has 8 heterocycles. The number of hydrogen-bond acceptors (Lipinski definition) is 14. The van der Waals surface area contributed by atoms with Crippen LogP contribution in [-0.2, 0) is 45.9 Å². The van der Waals surface area contributed by atoms with Crippen LogP contribution in [0.25, 0.3) is 22.3 Å². The highest BCUT2D eigenvalue weighted by Crippen LogP contribution is 2.43. The molecule has 18 nitrogen and oxygen atoms in total. The van der Waals surface area contributed by atoms with E-state index in [4.69, 9.17) is 44.3 Å². The second-order valence-electron chi connectivity index (χ2n) is 28.4. The topological polar surface area (TPSA) is 192 Å². The molecular weight excluding hydrogens is 1310 g/mol. The summed E-state index contributed by atoms with van der Waals surface area (Å²) in [7, 11) is 5.02. The molecule has 4 amide bonds. The maximum absolute atomic E-state index is 17.0. The SMILES string of the molecule is COc1cc(-c2cn(CC3CN(Cc4c(Cl)cc(-c5cn(C)c(=O)c(C)c5C)cc4OC)CCC3CCC3CCN(c4ccc(NC5CCC(=O)NC5=O)cc4Cl)CC3)c(=O)c(C)c2C)cc(F)c1CN1CCC(C2CCN(c3ccc(NC4CCC(=O)NC4=O)cc3Cl)CC2)CC1. The van der Waals surface area contributed by atoms with Crippen LogP contribution in [0.4, 0.5) is 27.1 Å². The molecule has 0 saturated carbocycles. The summed E-state index contributed by atoms with van der Waals surface area (Å²) in [5, 5.41) is 13.1. The Hall–Kier alpha value is -7.42. The zero-order valence-electron chi connectivity index (χ0n) is 57.4. The Labute approximate surface area is 588 Å². The Morgan fingerprint density at radius 2 is 1.03 bits per heavy atom. The lowest BCUT2D eigenvalue weighted by molar-refractivity contribution is -0.135. The van der Waals surface area contributed by atoms with E-state index in [1.165, 1.54) is 0 Å². The van der Waals surface area contributed by atoms with Crippen LogP contribution in [-0.4, -0.2) is 121 Å². The molecule has 2 aromatic heterocycles. The van der Waals surface area contributed by atoms with Crippen molar-refractivity contribution < 1.29 is 33.0 Å². The van der Waals surface area contributed by atoms with Crippen LogP contribution in [0.1, 0.15) is 117 Å². The number of piperidine rings is 6. The molecule has 12 rings (SSSR count). The number of halogens is 4. The number of amides is 4. The van der Waals surface area contributed by atoms with Crippen LogP contribution >= 0.6 is 34.8 Å². The first kappa shape index (κ1) is 70.4. The number of anilines is 4. The number of imide groups is 2. The lowest BCUT2D eigenvalue weighted by atomic mass is 9.78. The number of benzene rings is 4. The van der Waals surface area contributed by atoms with Gasteiger partial charge in [0.2, 0.25) is 23.6 Å². The van der Waals surface area contributed by atoms with Gasteiger partial charge in [0.1, 0.15) is 29.4 Å². The van der Waals surface area contributed by atoms with Gasteiger partial charge in [-0.25, -0.2) is 4.39 Å². The fraction of sp³-hybridized carbons (Fsp3) is 0.500. The molecule has 22 heteroatoms. The van der Waals surface area contributed by atoms with E-state index < -0.39 is 12.1 Å². The van der Waals surface area contributed by atoms with Crippen molar-refractivity contribution in [3.63, 3.8) is 0 Å². The number of likely N-dealkylation sites (tertiary alicyclic amines) is 2. The van der Waals surface area contributed by atoms with E-state index in [2.05, 4.69) is 40.9 Å². The Bertz CT molecular complexity index is 4140. The van der Waals surface area contributed by atoms with Crippen LogP contribution in [0.5, 0.6) is 11.5 Å². The first-order valence-corrected chi connectivity index (χ1v) is 36.1. The van der Waals surface area contributed by atoms with Crippen LogP contribution in [0.3, 0.4) is 0 Å². The van der Waals surface area contributed by atoms with Crippen molar-refractivity contribution in [3.8, 4) is 33.8 Å². The number of aromatic nitrogens is 2. The summed E-state index contributed by atoms with van der Waals surface area (Å²) in [6.45, 7) is 15.8. The normalized spacial score (nSPS) is 21.1. The second kappa shape index (κ2) is 30.6. The average molecular weight is 1400 g/mol. The fourth-order valence-electron chi connectivity index (χ4n) is 16.3. The molecule has 6 aromatic rings. The first-order chi connectivity index (χ1) is 47.1. The molecule has 0 bridgehead atoms. The van der Waals surface area contributed by atoms with Gasteiger partial charge in [0.05, 0.1) is 35.6 Å². The zero-order valence-corrected chi connectivity index (χ0v) is 59.7. The highest BCUT2D eigenvalue weighted by Gasteiger charge is 2.36. The van der Waals surface area contributed by atoms with Gasteiger partial charge < -0.3 is 39.0 Å². The molecule has 98 heavy (non-hydrogen) atoms. The standard InChI is InChI=1S/C76H92Cl3FN10O8/c1-44-46(3)75(95)85(5)40-57(44)52-32-61(77)59(69(34-52)97-6)41-87-27-22-49(9-8-48-18-28-88(29-19-48)67-14-10-55(36-62(67)78)81-65-12-16-71(91)83-73(65)93)54(38-87)39-90-43-58(45(2)47(4)76(90)96)53-33-64(80)60(70(35-53)98-7)42-86-25-20-50(21-26-86)51-23-30-89(31-24-51)68-15-11-56(37-63(68)79)82-66-13-17-72(92)84-74(66)94/h10-11,14-15,32-37,40,43,48-51,54,65-66,81-82H,8-9,12-13,16-31,38-39,41-42H2,1-7H3,(H,83,91,93)(H,84,92,94). The van der Waals surface area contributed by atoms with E-state index in [1.807, 2.05) is 99.3 Å². The number of carbonyl (C=O) groups excluding carboxylic acids is 4. The number of rotatable bonds is 20. The zero-order chi connectivity index (χ0) is 69.2. The number of aryl methyl sites for hydroxylation is 1. The van der Waals surface area contributed by atoms with Crippen molar-refractivity contribution in [2.45, 2.75) is 143 Å². The molecule has 6 aliphatic heterocycles. The third-order valence-corrected chi connectivity index (χ3v) is 23.4. The summed E-state index contributed by atoms with van der Waals surface area (Å²) in [5.41, 5.74) is 10.9. The highest BCUT2D eigenvalue weighted by molar-refractivity contribution is 6.34. The van der Waals surface area contributed by atoms with Crippen molar-refractivity contribution in [1.29, 1.82) is 0 Å². The molecule has 4 aromatic carbocycles. The van der Waals surface area contributed by atoms with Crippen LogP contribution in [0.15, 0.2) is 82.6 Å². The van der Waals surface area contributed by atoms with Gasteiger partial charge in [-0.05, 0) is 224 Å². The minimum atomic E-state index is -0.499. The number of hydrogen-bond donors (Lipinski definition) is 4. The molecule has 0 aliphatic carbocycles. The van der Waals surface area contributed by atoms with Crippen molar-refractivity contribution in [1.82, 2.24) is 29.6 Å².